The van der Waals surface area contributed by atoms with Crippen molar-refractivity contribution in [3.8, 4) is 22.8 Å². The highest BCUT2D eigenvalue weighted by Gasteiger charge is 2.06. The SMILES string of the molecule is CCCCCOc1cc(C=NNc2nc(-c3ccccc3)cs2)ccc1OC. The van der Waals surface area contributed by atoms with Crippen molar-refractivity contribution in [2.75, 3.05) is 19.1 Å². The van der Waals surface area contributed by atoms with Gasteiger partial charge in [0.2, 0.25) is 5.13 Å². The Bertz CT molecular complexity index is 894. The number of methoxy groups -OCH3 is 1. The van der Waals surface area contributed by atoms with Crippen LogP contribution in [0.1, 0.15) is 31.7 Å². The maximum Gasteiger partial charge on any atom is 0.203 e. The van der Waals surface area contributed by atoms with E-state index in [1.165, 1.54) is 17.8 Å². The van der Waals surface area contributed by atoms with Crippen LogP contribution in [0.4, 0.5) is 5.13 Å². The molecule has 0 unspecified atom stereocenters. The van der Waals surface area contributed by atoms with Crippen molar-refractivity contribution in [2.24, 2.45) is 5.10 Å². The van der Waals surface area contributed by atoms with Gasteiger partial charge in [-0.3, -0.25) is 5.43 Å². The molecule has 3 aromatic rings. The van der Waals surface area contributed by atoms with Gasteiger partial charge < -0.3 is 9.47 Å². The number of thiazole rings is 1. The molecule has 0 aliphatic rings. The fraction of sp³-hybridized carbons (Fsp3) is 0.273. The van der Waals surface area contributed by atoms with Gasteiger partial charge in [0.15, 0.2) is 11.5 Å². The van der Waals surface area contributed by atoms with Crippen LogP contribution in [0, 0.1) is 0 Å². The van der Waals surface area contributed by atoms with Gasteiger partial charge in [-0.2, -0.15) is 5.10 Å². The Morgan fingerprint density at radius 3 is 2.75 bits per heavy atom. The first-order chi connectivity index (χ1) is 13.8. The second kappa shape index (κ2) is 10.5. The first-order valence-corrected chi connectivity index (χ1v) is 10.3. The van der Waals surface area contributed by atoms with Crippen LogP contribution >= 0.6 is 11.3 Å². The van der Waals surface area contributed by atoms with Gasteiger partial charge >= 0.3 is 0 Å². The molecule has 0 saturated heterocycles. The van der Waals surface area contributed by atoms with E-state index in [0.29, 0.717) is 6.61 Å². The third-order valence-electron chi connectivity index (χ3n) is 4.14. The number of nitrogens with one attached hydrogen (secondary N) is 1. The summed E-state index contributed by atoms with van der Waals surface area (Å²) >= 11 is 1.52. The number of benzene rings is 2. The minimum Gasteiger partial charge on any atom is -0.493 e. The summed E-state index contributed by atoms with van der Waals surface area (Å²) in [6.45, 7) is 2.86. The summed E-state index contributed by atoms with van der Waals surface area (Å²) in [7, 11) is 1.65. The summed E-state index contributed by atoms with van der Waals surface area (Å²) in [5, 5.41) is 7.07. The zero-order chi connectivity index (χ0) is 19.6. The van der Waals surface area contributed by atoms with Gasteiger partial charge in [0.1, 0.15) is 0 Å². The first kappa shape index (κ1) is 19.9. The monoisotopic (exact) mass is 395 g/mol. The highest BCUT2D eigenvalue weighted by atomic mass is 32.1. The van der Waals surface area contributed by atoms with E-state index >= 15 is 0 Å². The molecule has 0 saturated carbocycles. The third kappa shape index (κ3) is 5.57. The topological polar surface area (TPSA) is 55.7 Å². The van der Waals surface area contributed by atoms with Crippen molar-refractivity contribution >= 4 is 22.7 Å². The van der Waals surface area contributed by atoms with Crippen LogP contribution in [-0.2, 0) is 0 Å². The normalized spacial score (nSPS) is 10.9. The van der Waals surface area contributed by atoms with E-state index in [1.807, 2.05) is 53.9 Å². The molecule has 2 aromatic carbocycles. The fourth-order valence-corrected chi connectivity index (χ4v) is 3.32. The first-order valence-electron chi connectivity index (χ1n) is 9.41. The fourth-order valence-electron chi connectivity index (χ4n) is 2.65. The van der Waals surface area contributed by atoms with Gasteiger partial charge in [-0.05, 0) is 30.2 Å². The number of ether oxygens (including phenoxy) is 2. The summed E-state index contributed by atoms with van der Waals surface area (Å²) in [6.07, 6.45) is 5.11. The highest BCUT2D eigenvalue weighted by Crippen LogP contribution is 2.28. The molecular formula is C22H25N3O2S. The van der Waals surface area contributed by atoms with E-state index in [2.05, 4.69) is 22.4 Å². The van der Waals surface area contributed by atoms with Crippen LogP contribution in [0.25, 0.3) is 11.3 Å². The van der Waals surface area contributed by atoms with Gasteiger partial charge in [-0.25, -0.2) is 4.98 Å². The maximum atomic E-state index is 5.87. The van der Waals surface area contributed by atoms with Crippen LogP contribution in [0.15, 0.2) is 59.0 Å². The van der Waals surface area contributed by atoms with Gasteiger partial charge in [-0.15, -0.1) is 11.3 Å². The highest BCUT2D eigenvalue weighted by molar-refractivity contribution is 7.14. The average molecular weight is 396 g/mol. The van der Waals surface area contributed by atoms with E-state index in [1.54, 1.807) is 13.3 Å². The standard InChI is InChI=1S/C22H25N3O2S/c1-3-4-8-13-27-21-14-17(11-12-20(21)26-2)15-23-25-22-24-19(16-28-22)18-9-6-5-7-10-18/h5-7,9-12,14-16H,3-4,8,13H2,1-2H3,(H,24,25). The third-order valence-corrected chi connectivity index (χ3v) is 4.89. The number of nitrogens with zero attached hydrogens (tertiary/aromatic N) is 2. The number of hydrazone groups is 1. The van der Waals surface area contributed by atoms with E-state index < -0.39 is 0 Å². The molecule has 146 valence electrons. The Hall–Kier alpha value is -2.86. The van der Waals surface area contributed by atoms with E-state index in [-0.39, 0.29) is 0 Å². The molecule has 0 fully saturated rings. The van der Waals surface area contributed by atoms with E-state index in [9.17, 15) is 0 Å². The number of anilines is 1. The predicted molar refractivity (Wildman–Crippen MR) is 117 cm³/mol. The Balaban J connectivity index is 1.61. The molecule has 0 bridgehead atoms. The van der Waals surface area contributed by atoms with Gasteiger partial charge in [0.25, 0.3) is 0 Å². The summed E-state index contributed by atoms with van der Waals surface area (Å²) in [6, 6.07) is 15.9. The molecule has 1 aromatic heterocycles. The largest absolute Gasteiger partial charge is 0.493 e. The van der Waals surface area contributed by atoms with Crippen molar-refractivity contribution in [3.05, 3.63) is 59.5 Å². The molecule has 3 rings (SSSR count). The molecule has 0 spiro atoms. The number of hydrogen-bond donors (Lipinski definition) is 1. The molecule has 1 heterocycles. The van der Waals surface area contributed by atoms with Crippen molar-refractivity contribution in [2.45, 2.75) is 26.2 Å². The Morgan fingerprint density at radius 2 is 1.96 bits per heavy atom. The molecule has 1 N–H and O–H groups in total. The lowest BCUT2D eigenvalue weighted by Crippen LogP contribution is -2.00. The molecule has 28 heavy (non-hydrogen) atoms. The number of hydrogen-bond acceptors (Lipinski definition) is 6. The summed E-state index contributed by atoms with van der Waals surface area (Å²) in [5.74, 6) is 1.47. The summed E-state index contributed by atoms with van der Waals surface area (Å²) in [4.78, 5) is 4.56. The quantitative estimate of drug-likeness (QED) is 0.266. The van der Waals surface area contributed by atoms with Gasteiger partial charge in [-0.1, -0.05) is 50.1 Å². The van der Waals surface area contributed by atoms with Crippen molar-refractivity contribution in [3.63, 3.8) is 0 Å². The van der Waals surface area contributed by atoms with Crippen molar-refractivity contribution < 1.29 is 9.47 Å². The Kier molecular flexibility index (Phi) is 7.44. The molecule has 0 radical (unpaired) electrons. The van der Waals surface area contributed by atoms with Crippen molar-refractivity contribution in [1.82, 2.24) is 4.98 Å². The molecule has 6 heteroatoms. The van der Waals surface area contributed by atoms with Gasteiger partial charge in [0, 0.05) is 10.9 Å². The van der Waals surface area contributed by atoms with Crippen LogP contribution in [-0.4, -0.2) is 24.9 Å². The summed E-state index contributed by atoms with van der Waals surface area (Å²) < 4.78 is 11.3. The second-order valence-corrected chi connectivity index (χ2v) is 7.10. The smallest absolute Gasteiger partial charge is 0.203 e. The lowest BCUT2D eigenvalue weighted by atomic mass is 10.2. The lowest BCUT2D eigenvalue weighted by molar-refractivity contribution is 0.286. The van der Waals surface area contributed by atoms with E-state index in [4.69, 9.17) is 9.47 Å². The van der Waals surface area contributed by atoms with Crippen LogP contribution in [0.5, 0.6) is 11.5 Å². The molecule has 0 aliphatic heterocycles. The summed E-state index contributed by atoms with van der Waals surface area (Å²) in [5.41, 5.74) is 5.96. The minimum atomic E-state index is 0.685. The number of rotatable bonds is 10. The Labute approximate surface area is 170 Å². The average Bonchev–Trinajstić information content (AvgIpc) is 3.21. The maximum absolute atomic E-state index is 5.87. The number of unbranched alkanes of at least 4 members (excludes halogenated alkanes) is 2. The van der Waals surface area contributed by atoms with Crippen molar-refractivity contribution in [1.29, 1.82) is 0 Å². The molecule has 5 nitrogen and oxygen atoms in total. The minimum absolute atomic E-state index is 0.685. The zero-order valence-corrected chi connectivity index (χ0v) is 17.0. The zero-order valence-electron chi connectivity index (χ0n) is 16.2. The molecule has 0 aliphatic carbocycles. The lowest BCUT2D eigenvalue weighted by Gasteiger charge is -2.11. The second-order valence-electron chi connectivity index (χ2n) is 6.24. The molecule has 0 amide bonds. The number of aromatic nitrogens is 1. The molecular weight excluding hydrogens is 370 g/mol. The Morgan fingerprint density at radius 1 is 1.11 bits per heavy atom. The molecule has 0 atom stereocenters. The van der Waals surface area contributed by atoms with Crippen LogP contribution in [0.3, 0.4) is 0 Å². The predicted octanol–water partition coefficient (Wildman–Crippen LogP) is 5.83. The van der Waals surface area contributed by atoms with E-state index in [0.717, 1.165) is 46.3 Å². The van der Waals surface area contributed by atoms with Crippen LogP contribution < -0.4 is 14.9 Å². The van der Waals surface area contributed by atoms with Gasteiger partial charge in [0.05, 0.1) is 25.6 Å². The van der Waals surface area contributed by atoms with Crippen LogP contribution in [0.2, 0.25) is 0 Å².